The van der Waals surface area contributed by atoms with Crippen molar-refractivity contribution in [3.8, 4) is 0 Å². The van der Waals surface area contributed by atoms with Crippen LogP contribution in [0.15, 0.2) is 25.3 Å². The molecule has 1 fully saturated rings. The van der Waals surface area contributed by atoms with Crippen molar-refractivity contribution in [2.75, 3.05) is 13.2 Å². The van der Waals surface area contributed by atoms with Crippen LogP contribution >= 0.6 is 0 Å². The number of hydrogen-bond acceptors (Lipinski definition) is 4. The van der Waals surface area contributed by atoms with E-state index >= 15 is 0 Å². The summed E-state index contributed by atoms with van der Waals surface area (Å²) in [5.41, 5.74) is -1.23. The Kier molecular flexibility index (Phi) is 6.84. The van der Waals surface area contributed by atoms with Crippen LogP contribution in [0.3, 0.4) is 0 Å². The Hall–Kier alpha value is -1.33. The first kappa shape index (κ1) is 19.7. The van der Waals surface area contributed by atoms with Crippen LogP contribution in [-0.2, 0) is 14.2 Å². The second-order valence-corrected chi connectivity index (χ2v) is 7.27. The van der Waals surface area contributed by atoms with E-state index in [4.69, 9.17) is 14.2 Å². The highest BCUT2D eigenvalue weighted by atomic mass is 16.6. The largest absolute Gasteiger partial charge is 0.444 e. The summed E-state index contributed by atoms with van der Waals surface area (Å²) < 4.78 is 17.1. The summed E-state index contributed by atoms with van der Waals surface area (Å²) in [5, 5.41) is 0. The molecule has 0 spiro atoms. The average molecular weight is 325 g/mol. The SMILES string of the molecule is C=CCOC(CC=C)C[C@H]1COC(C)(C)N1C(=O)OC(C)(C)C. The molecule has 1 amide bonds. The van der Waals surface area contributed by atoms with Gasteiger partial charge in [0.15, 0.2) is 0 Å². The predicted molar refractivity (Wildman–Crippen MR) is 91.3 cm³/mol. The molecule has 0 aromatic heterocycles. The molecule has 1 aliphatic heterocycles. The van der Waals surface area contributed by atoms with Crippen LogP contribution in [0, 0.1) is 0 Å². The standard InChI is InChI=1S/C18H31NO4/c1-8-10-15(21-11-9-2)12-14-13-22-18(6,7)19(14)16(20)23-17(3,4)5/h8-9,14-15H,1-2,10-13H2,3-7H3/t14-,15?/m0/s1. The van der Waals surface area contributed by atoms with Gasteiger partial charge in [-0.25, -0.2) is 4.79 Å². The number of ether oxygens (including phenoxy) is 3. The van der Waals surface area contributed by atoms with Crippen molar-refractivity contribution in [1.29, 1.82) is 0 Å². The van der Waals surface area contributed by atoms with Gasteiger partial charge in [-0.15, -0.1) is 13.2 Å². The molecule has 1 aliphatic rings. The predicted octanol–water partition coefficient (Wildman–Crippen LogP) is 3.90. The molecule has 1 unspecified atom stereocenters. The zero-order valence-electron chi connectivity index (χ0n) is 15.1. The van der Waals surface area contributed by atoms with E-state index in [9.17, 15) is 4.79 Å². The number of amides is 1. The van der Waals surface area contributed by atoms with E-state index in [1.165, 1.54) is 0 Å². The Labute approximate surface area is 140 Å². The molecule has 2 atom stereocenters. The van der Waals surface area contributed by atoms with Gasteiger partial charge in [-0.2, -0.15) is 0 Å². The van der Waals surface area contributed by atoms with Crippen molar-refractivity contribution in [2.45, 2.75) is 70.9 Å². The lowest BCUT2D eigenvalue weighted by molar-refractivity contribution is -0.0643. The van der Waals surface area contributed by atoms with E-state index in [0.29, 0.717) is 26.1 Å². The molecule has 1 heterocycles. The van der Waals surface area contributed by atoms with Crippen LogP contribution < -0.4 is 0 Å². The monoisotopic (exact) mass is 325 g/mol. The topological polar surface area (TPSA) is 48.0 Å². The third-order valence-corrected chi connectivity index (χ3v) is 3.58. The Morgan fingerprint density at radius 2 is 2.04 bits per heavy atom. The lowest BCUT2D eigenvalue weighted by Crippen LogP contribution is -2.50. The van der Waals surface area contributed by atoms with Crippen LogP contribution in [-0.4, -0.2) is 47.7 Å². The van der Waals surface area contributed by atoms with Crippen LogP contribution in [0.4, 0.5) is 4.79 Å². The zero-order valence-corrected chi connectivity index (χ0v) is 15.1. The zero-order chi connectivity index (χ0) is 17.7. The fraction of sp³-hybridized carbons (Fsp3) is 0.722. The van der Waals surface area contributed by atoms with Crippen molar-refractivity contribution >= 4 is 6.09 Å². The molecule has 5 heteroatoms. The Balaban J connectivity index is 2.83. The third kappa shape index (κ3) is 5.99. The van der Waals surface area contributed by atoms with E-state index in [1.807, 2.05) is 40.7 Å². The molecule has 0 saturated carbocycles. The summed E-state index contributed by atoms with van der Waals surface area (Å²) in [6.45, 7) is 17.7. The van der Waals surface area contributed by atoms with Gasteiger partial charge in [0.05, 0.1) is 25.4 Å². The first-order valence-electron chi connectivity index (χ1n) is 8.10. The molecule has 23 heavy (non-hydrogen) atoms. The molecule has 0 N–H and O–H groups in total. The molecule has 0 bridgehead atoms. The highest BCUT2D eigenvalue weighted by molar-refractivity contribution is 5.69. The molecule has 5 nitrogen and oxygen atoms in total. The van der Waals surface area contributed by atoms with Crippen molar-refractivity contribution in [3.63, 3.8) is 0 Å². The van der Waals surface area contributed by atoms with E-state index in [-0.39, 0.29) is 18.2 Å². The normalized spacial score (nSPS) is 21.8. The van der Waals surface area contributed by atoms with E-state index in [1.54, 1.807) is 11.0 Å². The second kappa shape index (κ2) is 7.97. The van der Waals surface area contributed by atoms with Gasteiger partial charge in [0, 0.05) is 0 Å². The Morgan fingerprint density at radius 3 is 2.57 bits per heavy atom. The lowest BCUT2D eigenvalue weighted by atomic mass is 10.1. The van der Waals surface area contributed by atoms with Crippen LogP contribution in [0.25, 0.3) is 0 Å². The minimum atomic E-state index is -0.690. The number of carbonyl (C=O) groups is 1. The van der Waals surface area contributed by atoms with E-state index in [0.717, 1.165) is 0 Å². The maximum atomic E-state index is 12.6. The van der Waals surface area contributed by atoms with Crippen molar-refractivity contribution in [1.82, 2.24) is 4.90 Å². The molecular weight excluding hydrogens is 294 g/mol. The minimum Gasteiger partial charge on any atom is -0.444 e. The van der Waals surface area contributed by atoms with Gasteiger partial charge in [0.25, 0.3) is 0 Å². The van der Waals surface area contributed by atoms with Gasteiger partial charge in [0.2, 0.25) is 0 Å². The highest BCUT2D eigenvalue weighted by Gasteiger charge is 2.46. The first-order chi connectivity index (χ1) is 10.6. The van der Waals surface area contributed by atoms with Gasteiger partial charge in [-0.3, -0.25) is 4.90 Å². The summed E-state index contributed by atoms with van der Waals surface area (Å²) in [6.07, 6.45) is 4.54. The maximum Gasteiger partial charge on any atom is 0.412 e. The summed E-state index contributed by atoms with van der Waals surface area (Å²) in [4.78, 5) is 14.3. The minimum absolute atomic E-state index is 0.0297. The molecular formula is C18H31NO4. The van der Waals surface area contributed by atoms with Crippen molar-refractivity contribution in [2.24, 2.45) is 0 Å². The molecule has 1 rings (SSSR count). The summed E-state index contributed by atoms with van der Waals surface area (Å²) in [6, 6.07) is -0.0883. The highest BCUT2D eigenvalue weighted by Crippen LogP contribution is 2.32. The average Bonchev–Trinajstić information content (AvgIpc) is 2.69. The summed E-state index contributed by atoms with van der Waals surface area (Å²) in [5.74, 6) is 0. The van der Waals surface area contributed by atoms with Crippen molar-refractivity contribution < 1.29 is 19.0 Å². The number of hydrogen-bond donors (Lipinski definition) is 0. The van der Waals surface area contributed by atoms with Gasteiger partial charge < -0.3 is 14.2 Å². The smallest absolute Gasteiger partial charge is 0.412 e. The summed E-state index contributed by atoms with van der Waals surface area (Å²) >= 11 is 0. The van der Waals surface area contributed by atoms with E-state index in [2.05, 4.69) is 13.2 Å². The number of rotatable bonds is 7. The molecule has 0 aromatic rings. The Morgan fingerprint density at radius 1 is 1.39 bits per heavy atom. The third-order valence-electron chi connectivity index (χ3n) is 3.58. The van der Waals surface area contributed by atoms with Crippen molar-refractivity contribution in [3.05, 3.63) is 25.3 Å². The van der Waals surface area contributed by atoms with E-state index < -0.39 is 11.3 Å². The second-order valence-electron chi connectivity index (χ2n) is 7.27. The lowest BCUT2D eigenvalue weighted by Gasteiger charge is -2.36. The fourth-order valence-electron chi connectivity index (χ4n) is 2.66. The fourth-order valence-corrected chi connectivity index (χ4v) is 2.66. The molecule has 0 aliphatic carbocycles. The van der Waals surface area contributed by atoms with Gasteiger partial charge >= 0.3 is 6.09 Å². The first-order valence-corrected chi connectivity index (χ1v) is 8.10. The van der Waals surface area contributed by atoms with Gasteiger partial charge in [0.1, 0.15) is 11.3 Å². The Bertz CT molecular complexity index is 425. The van der Waals surface area contributed by atoms with Crippen LogP contribution in [0.5, 0.6) is 0 Å². The quantitative estimate of drug-likeness (QED) is 0.666. The summed E-state index contributed by atoms with van der Waals surface area (Å²) in [7, 11) is 0. The van der Waals surface area contributed by atoms with Gasteiger partial charge in [-0.05, 0) is 47.5 Å². The molecule has 0 aromatic carbocycles. The van der Waals surface area contributed by atoms with Crippen LogP contribution in [0.2, 0.25) is 0 Å². The molecule has 132 valence electrons. The van der Waals surface area contributed by atoms with Crippen LogP contribution in [0.1, 0.15) is 47.5 Å². The number of carbonyl (C=O) groups excluding carboxylic acids is 1. The molecule has 0 radical (unpaired) electrons. The van der Waals surface area contributed by atoms with Gasteiger partial charge in [-0.1, -0.05) is 12.2 Å². The molecule has 1 saturated heterocycles. The maximum absolute atomic E-state index is 12.6. The number of nitrogens with zero attached hydrogens (tertiary/aromatic N) is 1.